The predicted octanol–water partition coefficient (Wildman–Crippen LogP) is 4.90. The van der Waals surface area contributed by atoms with Gasteiger partial charge in [0.25, 0.3) is 0 Å². The monoisotopic (exact) mass is 470 g/mol. The Morgan fingerprint density at radius 3 is 2.69 bits per heavy atom. The number of hydrogen-bond donors (Lipinski definition) is 1. The standard InChI is InChI=1S/C23H23ClN4O3S/c1-16-5-4-12-28(15-16)32(29,30)19-10-8-17(9-11-19)22-27-21(13-25)23(31-22)26-14-18-6-2-3-7-20(18)24/h2-3,6-11,16,26H,4-5,12,14-15H2,1H3/t16-/m1/s1. The van der Waals surface area contributed by atoms with Crippen molar-refractivity contribution in [1.29, 1.82) is 5.26 Å². The molecule has 1 aliphatic heterocycles. The van der Waals surface area contributed by atoms with Crippen molar-refractivity contribution in [1.82, 2.24) is 9.29 Å². The fourth-order valence-corrected chi connectivity index (χ4v) is 5.54. The molecular formula is C23H23ClN4O3S. The van der Waals surface area contributed by atoms with Crippen molar-refractivity contribution in [2.75, 3.05) is 18.4 Å². The average molecular weight is 471 g/mol. The van der Waals surface area contributed by atoms with Crippen molar-refractivity contribution in [3.05, 3.63) is 64.8 Å². The van der Waals surface area contributed by atoms with Crippen LogP contribution in [0.1, 0.15) is 31.0 Å². The van der Waals surface area contributed by atoms with Crippen LogP contribution in [0.2, 0.25) is 5.02 Å². The van der Waals surface area contributed by atoms with E-state index in [1.807, 2.05) is 24.3 Å². The third-order valence-corrected chi connectivity index (χ3v) is 7.74. The summed E-state index contributed by atoms with van der Waals surface area (Å²) in [6, 6.07) is 15.8. The Morgan fingerprint density at radius 1 is 1.25 bits per heavy atom. The number of nitrogens with one attached hydrogen (secondary N) is 1. The van der Waals surface area contributed by atoms with Crippen LogP contribution < -0.4 is 5.32 Å². The number of hydrogen-bond acceptors (Lipinski definition) is 6. The lowest BCUT2D eigenvalue weighted by Crippen LogP contribution is -2.39. The molecule has 1 aromatic heterocycles. The van der Waals surface area contributed by atoms with Gasteiger partial charge in [0.1, 0.15) is 6.07 Å². The summed E-state index contributed by atoms with van der Waals surface area (Å²) in [5.74, 6) is 0.825. The molecule has 0 bridgehead atoms. The zero-order valence-corrected chi connectivity index (χ0v) is 19.2. The Balaban J connectivity index is 1.53. The van der Waals surface area contributed by atoms with E-state index in [0.29, 0.717) is 36.1 Å². The molecule has 2 heterocycles. The Labute approximate surface area is 192 Å². The normalized spacial score (nSPS) is 17.1. The molecule has 0 aliphatic carbocycles. The summed E-state index contributed by atoms with van der Waals surface area (Å²) in [7, 11) is -3.54. The highest BCUT2D eigenvalue weighted by Gasteiger charge is 2.28. The number of anilines is 1. The molecule has 0 unspecified atom stereocenters. The largest absolute Gasteiger partial charge is 0.419 e. The summed E-state index contributed by atoms with van der Waals surface area (Å²) in [5.41, 5.74) is 1.56. The first-order chi connectivity index (χ1) is 15.4. The van der Waals surface area contributed by atoms with Crippen LogP contribution in [0, 0.1) is 17.2 Å². The highest BCUT2D eigenvalue weighted by atomic mass is 35.5. The maximum atomic E-state index is 13.0. The fraction of sp³-hybridized carbons (Fsp3) is 0.304. The van der Waals surface area contributed by atoms with Crippen LogP contribution in [0.15, 0.2) is 57.8 Å². The molecule has 4 rings (SSSR count). The smallest absolute Gasteiger partial charge is 0.243 e. The van der Waals surface area contributed by atoms with E-state index >= 15 is 0 Å². The van der Waals surface area contributed by atoms with Crippen LogP contribution in [0.5, 0.6) is 0 Å². The molecule has 1 atom stereocenters. The summed E-state index contributed by atoms with van der Waals surface area (Å²) >= 11 is 6.18. The fourth-order valence-electron chi connectivity index (χ4n) is 3.74. The van der Waals surface area contributed by atoms with Crippen LogP contribution in [0.3, 0.4) is 0 Å². The van der Waals surface area contributed by atoms with Gasteiger partial charge in [0.15, 0.2) is 0 Å². The number of oxazole rings is 1. The lowest BCUT2D eigenvalue weighted by Gasteiger charge is -2.30. The van der Waals surface area contributed by atoms with Crippen molar-refractivity contribution in [3.8, 4) is 17.5 Å². The summed E-state index contributed by atoms with van der Waals surface area (Å²) in [5, 5.41) is 13.1. The molecule has 7 nitrogen and oxygen atoms in total. The second-order valence-electron chi connectivity index (χ2n) is 7.89. The molecule has 2 aromatic carbocycles. The summed E-state index contributed by atoms with van der Waals surface area (Å²) < 4.78 is 33.2. The molecule has 1 N–H and O–H groups in total. The van der Waals surface area contributed by atoms with Crippen LogP contribution in [-0.2, 0) is 16.6 Å². The van der Waals surface area contributed by atoms with Gasteiger partial charge in [0, 0.05) is 30.2 Å². The van der Waals surface area contributed by atoms with Gasteiger partial charge in [-0.05, 0) is 54.7 Å². The molecule has 0 saturated carbocycles. The van der Waals surface area contributed by atoms with E-state index in [9.17, 15) is 13.7 Å². The van der Waals surface area contributed by atoms with Gasteiger partial charge in [0.2, 0.25) is 27.5 Å². The number of nitriles is 1. The van der Waals surface area contributed by atoms with Gasteiger partial charge < -0.3 is 9.73 Å². The van der Waals surface area contributed by atoms with Crippen LogP contribution in [-0.4, -0.2) is 30.8 Å². The molecule has 0 spiro atoms. The van der Waals surface area contributed by atoms with Crippen molar-refractivity contribution in [2.24, 2.45) is 5.92 Å². The summed E-state index contributed by atoms with van der Waals surface area (Å²) in [6.45, 7) is 3.52. The first kappa shape index (κ1) is 22.3. The van der Waals surface area contributed by atoms with Gasteiger partial charge in [-0.15, -0.1) is 0 Å². The number of nitrogens with zero attached hydrogens (tertiary/aromatic N) is 3. The molecule has 9 heteroatoms. The lowest BCUT2D eigenvalue weighted by molar-refractivity contribution is 0.281. The number of aromatic nitrogens is 1. The topological polar surface area (TPSA) is 99.2 Å². The van der Waals surface area contributed by atoms with E-state index in [-0.39, 0.29) is 22.4 Å². The highest BCUT2D eigenvalue weighted by molar-refractivity contribution is 7.89. The zero-order valence-electron chi connectivity index (χ0n) is 17.6. The first-order valence-electron chi connectivity index (χ1n) is 10.4. The second kappa shape index (κ2) is 9.33. The zero-order chi connectivity index (χ0) is 22.7. The van der Waals surface area contributed by atoms with Crippen molar-refractivity contribution in [3.63, 3.8) is 0 Å². The van der Waals surface area contributed by atoms with E-state index < -0.39 is 10.0 Å². The Morgan fingerprint density at radius 2 is 2.00 bits per heavy atom. The van der Waals surface area contributed by atoms with E-state index in [4.69, 9.17) is 16.0 Å². The summed E-state index contributed by atoms with van der Waals surface area (Å²) in [4.78, 5) is 4.48. The van der Waals surface area contributed by atoms with Crippen molar-refractivity contribution >= 4 is 27.5 Å². The number of rotatable bonds is 6. The van der Waals surface area contributed by atoms with Crippen molar-refractivity contribution < 1.29 is 12.8 Å². The van der Waals surface area contributed by atoms with Gasteiger partial charge in [-0.25, -0.2) is 8.42 Å². The minimum Gasteiger partial charge on any atom is -0.419 e. The Bertz CT molecular complexity index is 1250. The van der Waals surface area contributed by atoms with Gasteiger partial charge in [-0.2, -0.15) is 14.6 Å². The predicted molar refractivity (Wildman–Crippen MR) is 123 cm³/mol. The Hall–Kier alpha value is -2.86. The quantitative estimate of drug-likeness (QED) is 0.550. The molecule has 1 saturated heterocycles. The second-order valence-corrected chi connectivity index (χ2v) is 10.2. The maximum Gasteiger partial charge on any atom is 0.243 e. The van der Waals surface area contributed by atoms with E-state index in [2.05, 4.69) is 17.2 Å². The first-order valence-corrected chi connectivity index (χ1v) is 12.2. The maximum absolute atomic E-state index is 13.0. The van der Waals surface area contributed by atoms with Crippen LogP contribution in [0.25, 0.3) is 11.5 Å². The van der Waals surface area contributed by atoms with Gasteiger partial charge in [-0.3, -0.25) is 0 Å². The van der Waals surface area contributed by atoms with Crippen LogP contribution >= 0.6 is 11.6 Å². The van der Waals surface area contributed by atoms with E-state index in [1.165, 1.54) is 0 Å². The third-order valence-electron chi connectivity index (χ3n) is 5.49. The minimum absolute atomic E-state index is 0.117. The molecule has 32 heavy (non-hydrogen) atoms. The van der Waals surface area contributed by atoms with E-state index in [1.54, 1.807) is 34.6 Å². The number of piperidine rings is 1. The number of sulfonamides is 1. The molecule has 1 fully saturated rings. The third kappa shape index (κ3) is 4.65. The minimum atomic E-state index is -3.54. The molecule has 3 aromatic rings. The molecule has 166 valence electrons. The van der Waals surface area contributed by atoms with Gasteiger partial charge in [-0.1, -0.05) is 36.7 Å². The van der Waals surface area contributed by atoms with Crippen molar-refractivity contribution in [2.45, 2.75) is 31.2 Å². The number of halogens is 1. The van der Waals surface area contributed by atoms with Gasteiger partial charge >= 0.3 is 0 Å². The lowest BCUT2D eigenvalue weighted by atomic mass is 10.0. The molecule has 1 aliphatic rings. The molecular weight excluding hydrogens is 448 g/mol. The molecule has 0 radical (unpaired) electrons. The SMILES string of the molecule is C[C@@H]1CCCN(S(=O)(=O)c2ccc(-c3nc(C#N)c(NCc4ccccc4Cl)o3)cc2)C1. The van der Waals surface area contributed by atoms with E-state index in [0.717, 1.165) is 18.4 Å². The Kier molecular flexibility index (Phi) is 6.51. The number of benzene rings is 2. The van der Waals surface area contributed by atoms with Crippen LogP contribution in [0.4, 0.5) is 5.88 Å². The summed E-state index contributed by atoms with van der Waals surface area (Å²) in [6.07, 6.45) is 1.92. The average Bonchev–Trinajstić information content (AvgIpc) is 3.22. The van der Waals surface area contributed by atoms with Gasteiger partial charge in [0.05, 0.1) is 4.90 Å². The highest BCUT2D eigenvalue weighted by Crippen LogP contribution is 2.29. The molecule has 0 amide bonds.